The SMILES string of the molecule is CS(=O)(=O)Nc1ccc(C(=O)NCC2(c3ccc4c(c3)OCCO4)CCCC2)cc1. The largest absolute Gasteiger partial charge is 0.486 e. The third kappa shape index (κ3) is 4.53. The number of fused-ring (bicyclic) bond motifs is 1. The van der Waals surface area contributed by atoms with Gasteiger partial charge in [-0.25, -0.2) is 8.42 Å². The van der Waals surface area contributed by atoms with Crippen molar-refractivity contribution in [1.29, 1.82) is 0 Å². The molecule has 1 heterocycles. The predicted molar refractivity (Wildman–Crippen MR) is 115 cm³/mol. The van der Waals surface area contributed by atoms with E-state index in [1.54, 1.807) is 24.3 Å². The molecule has 0 radical (unpaired) electrons. The molecule has 1 amide bonds. The highest BCUT2D eigenvalue weighted by Gasteiger charge is 2.36. The van der Waals surface area contributed by atoms with Gasteiger partial charge in [0.15, 0.2) is 11.5 Å². The molecule has 1 aliphatic heterocycles. The number of benzene rings is 2. The second-order valence-corrected chi connectivity index (χ2v) is 9.73. The van der Waals surface area contributed by atoms with Gasteiger partial charge in [-0.1, -0.05) is 18.9 Å². The Kier molecular flexibility index (Phi) is 5.60. The minimum Gasteiger partial charge on any atom is -0.486 e. The van der Waals surface area contributed by atoms with Crippen LogP contribution in [0.25, 0.3) is 0 Å². The molecular formula is C22H26N2O5S. The summed E-state index contributed by atoms with van der Waals surface area (Å²) in [6.45, 7) is 1.64. The Morgan fingerprint density at radius 1 is 1.00 bits per heavy atom. The Morgan fingerprint density at radius 3 is 2.33 bits per heavy atom. The summed E-state index contributed by atoms with van der Waals surface area (Å²) < 4.78 is 36.4. The number of amides is 1. The molecule has 2 N–H and O–H groups in total. The van der Waals surface area contributed by atoms with Gasteiger partial charge in [-0.3, -0.25) is 9.52 Å². The fraction of sp³-hybridized carbons (Fsp3) is 0.409. The van der Waals surface area contributed by atoms with Crippen molar-refractivity contribution >= 4 is 21.6 Å². The lowest BCUT2D eigenvalue weighted by atomic mass is 9.78. The number of ether oxygens (including phenoxy) is 2. The molecule has 0 spiro atoms. The van der Waals surface area contributed by atoms with Crippen molar-refractivity contribution in [3.05, 3.63) is 53.6 Å². The molecule has 1 saturated carbocycles. The third-order valence-electron chi connectivity index (χ3n) is 5.75. The van der Waals surface area contributed by atoms with Crippen LogP contribution in [0.15, 0.2) is 42.5 Å². The normalized spacial score (nSPS) is 17.4. The number of nitrogens with one attached hydrogen (secondary N) is 2. The average molecular weight is 431 g/mol. The van der Waals surface area contributed by atoms with Crippen LogP contribution in [0, 0.1) is 0 Å². The molecule has 2 aromatic rings. The molecule has 7 nitrogen and oxygen atoms in total. The van der Waals surface area contributed by atoms with E-state index >= 15 is 0 Å². The molecule has 0 aromatic heterocycles. The lowest BCUT2D eigenvalue weighted by molar-refractivity contribution is 0.0943. The van der Waals surface area contributed by atoms with Crippen LogP contribution >= 0.6 is 0 Å². The molecule has 160 valence electrons. The van der Waals surface area contributed by atoms with Crippen LogP contribution < -0.4 is 19.5 Å². The molecule has 2 aliphatic rings. The van der Waals surface area contributed by atoms with E-state index in [-0.39, 0.29) is 11.3 Å². The summed E-state index contributed by atoms with van der Waals surface area (Å²) in [5.41, 5.74) is 1.96. The standard InChI is InChI=1S/C22H26N2O5S/c1-30(26,27)24-18-7-4-16(5-8-18)21(25)23-15-22(10-2-3-11-22)17-6-9-19-20(14-17)29-13-12-28-19/h4-9,14,24H,2-3,10-13,15H2,1H3,(H,23,25). The predicted octanol–water partition coefficient (Wildman–Crippen LogP) is 3.07. The van der Waals surface area contributed by atoms with Crippen molar-refractivity contribution in [2.75, 3.05) is 30.7 Å². The topological polar surface area (TPSA) is 93.7 Å². The summed E-state index contributed by atoms with van der Waals surface area (Å²) in [5.74, 6) is 1.36. The molecule has 0 unspecified atom stereocenters. The van der Waals surface area contributed by atoms with Crippen LogP contribution in [0.1, 0.15) is 41.6 Å². The number of carbonyl (C=O) groups is 1. The van der Waals surface area contributed by atoms with E-state index in [2.05, 4.69) is 22.2 Å². The van der Waals surface area contributed by atoms with E-state index in [9.17, 15) is 13.2 Å². The fourth-order valence-corrected chi connectivity index (χ4v) is 4.81. The number of carbonyl (C=O) groups excluding carboxylic acids is 1. The Morgan fingerprint density at radius 2 is 1.67 bits per heavy atom. The van der Waals surface area contributed by atoms with Gasteiger partial charge in [0, 0.05) is 23.2 Å². The second kappa shape index (κ2) is 8.18. The first-order chi connectivity index (χ1) is 14.3. The van der Waals surface area contributed by atoms with Gasteiger partial charge in [0.1, 0.15) is 13.2 Å². The monoisotopic (exact) mass is 430 g/mol. The highest BCUT2D eigenvalue weighted by atomic mass is 32.2. The first-order valence-corrected chi connectivity index (χ1v) is 12.0. The number of hydrogen-bond donors (Lipinski definition) is 2. The average Bonchev–Trinajstić information content (AvgIpc) is 3.21. The van der Waals surface area contributed by atoms with Crippen LogP contribution in [0.2, 0.25) is 0 Å². The maximum atomic E-state index is 12.7. The lowest BCUT2D eigenvalue weighted by Gasteiger charge is -2.31. The molecular weight excluding hydrogens is 404 g/mol. The molecule has 1 fully saturated rings. The smallest absolute Gasteiger partial charge is 0.251 e. The Hall–Kier alpha value is -2.74. The van der Waals surface area contributed by atoms with Crippen molar-refractivity contribution in [1.82, 2.24) is 5.32 Å². The summed E-state index contributed by atoms with van der Waals surface area (Å²) in [7, 11) is -3.35. The van der Waals surface area contributed by atoms with Gasteiger partial charge in [0.25, 0.3) is 5.91 Å². The Bertz CT molecular complexity index is 1030. The first-order valence-electron chi connectivity index (χ1n) is 10.1. The third-order valence-corrected chi connectivity index (χ3v) is 6.36. The summed E-state index contributed by atoms with van der Waals surface area (Å²) >= 11 is 0. The van der Waals surface area contributed by atoms with E-state index in [0.29, 0.717) is 31.0 Å². The zero-order valence-corrected chi connectivity index (χ0v) is 17.8. The molecule has 0 atom stereocenters. The van der Waals surface area contributed by atoms with Crippen LogP contribution in [0.4, 0.5) is 5.69 Å². The minimum absolute atomic E-state index is 0.122. The van der Waals surface area contributed by atoms with Crippen LogP contribution in [-0.4, -0.2) is 40.3 Å². The van der Waals surface area contributed by atoms with Gasteiger partial charge in [-0.15, -0.1) is 0 Å². The van der Waals surface area contributed by atoms with Crippen molar-refractivity contribution < 1.29 is 22.7 Å². The van der Waals surface area contributed by atoms with E-state index < -0.39 is 10.0 Å². The van der Waals surface area contributed by atoms with E-state index in [0.717, 1.165) is 49.0 Å². The Balaban J connectivity index is 1.47. The molecule has 1 aliphatic carbocycles. The van der Waals surface area contributed by atoms with Gasteiger partial charge >= 0.3 is 0 Å². The zero-order valence-electron chi connectivity index (χ0n) is 16.9. The quantitative estimate of drug-likeness (QED) is 0.735. The highest BCUT2D eigenvalue weighted by Crippen LogP contribution is 2.43. The van der Waals surface area contributed by atoms with E-state index in [1.807, 2.05) is 6.07 Å². The maximum absolute atomic E-state index is 12.7. The summed E-state index contributed by atoms with van der Waals surface area (Å²) in [4.78, 5) is 12.7. The molecule has 4 rings (SSSR count). The molecule has 30 heavy (non-hydrogen) atoms. The minimum atomic E-state index is -3.35. The summed E-state index contributed by atoms with van der Waals surface area (Å²) in [6, 6.07) is 12.5. The van der Waals surface area contributed by atoms with Gasteiger partial charge in [-0.2, -0.15) is 0 Å². The second-order valence-electron chi connectivity index (χ2n) is 7.98. The van der Waals surface area contributed by atoms with Crippen molar-refractivity contribution in [2.45, 2.75) is 31.1 Å². The highest BCUT2D eigenvalue weighted by molar-refractivity contribution is 7.92. The van der Waals surface area contributed by atoms with Crippen LogP contribution in [-0.2, 0) is 15.4 Å². The van der Waals surface area contributed by atoms with Crippen molar-refractivity contribution in [2.24, 2.45) is 0 Å². The molecule has 2 aromatic carbocycles. The van der Waals surface area contributed by atoms with Gasteiger partial charge in [-0.05, 0) is 54.8 Å². The van der Waals surface area contributed by atoms with Gasteiger partial charge < -0.3 is 14.8 Å². The molecule has 0 bridgehead atoms. The van der Waals surface area contributed by atoms with E-state index in [4.69, 9.17) is 9.47 Å². The van der Waals surface area contributed by atoms with Crippen molar-refractivity contribution in [3.8, 4) is 11.5 Å². The Labute approximate surface area is 176 Å². The first kappa shape index (κ1) is 20.5. The fourth-order valence-electron chi connectivity index (χ4n) is 4.25. The number of sulfonamides is 1. The van der Waals surface area contributed by atoms with Gasteiger partial charge in [0.05, 0.1) is 6.26 Å². The summed E-state index contributed by atoms with van der Waals surface area (Å²) in [6.07, 6.45) is 5.34. The van der Waals surface area contributed by atoms with Crippen LogP contribution in [0.3, 0.4) is 0 Å². The van der Waals surface area contributed by atoms with E-state index in [1.165, 1.54) is 0 Å². The number of rotatable bonds is 6. The maximum Gasteiger partial charge on any atom is 0.251 e. The van der Waals surface area contributed by atoms with Gasteiger partial charge in [0.2, 0.25) is 10.0 Å². The molecule has 0 saturated heterocycles. The van der Waals surface area contributed by atoms with Crippen molar-refractivity contribution in [3.63, 3.8) is 0 Å². The van der Waals surface area contributed by atoms with Crippen LogP contribution in [0.5, 0.6) is 11.5 Å². The number of hydrogen-bond acceptors (Lipinski definition) is 5. The summed E-state index contributed by atoms with van der Waals surface area (Å²) in [5, 5.41) is 3.08. The zero-order chi connectivity index (χ0) is 21.2. The molecule has 8 heteroatoms. The lowest BCUT2D eigenvalue weighted by Crippen LogP contribution is -2.39. The number of anilines is 1.